The Morgan fingerprint density at radius 2 is 1.90 bits per heavy atom. The van der Waals surface area contributed by atoms with Gasteiger partial charge in [0, 0.05) is 44.0 Å². The number of hydrogen-bond donors (Lipinski definition) is 0. The lowest BCUT2D eigenvalue weighted by Gasteiger charge is -2.15. The lowest BCUT2D eigenvalue weighted by molar-refractivity contribution is -0.119. The monoisotopic (exact) mass is 415 g/mol. The summed E-state index contributed by atoms with van der Waals surface area (Å²) in [5.41, 5.74) is 4.63. The second kappa shape index (κ2) is 10.1. The van der Waals surface area contributed by atoms with Crippen molar-refractivity contribution in [3.8, 4) is 0 Å². The maximum atomic E-state index is 12.7. The molecule has 6 heteroatoms. The number of carbonyl (C=O) groups excluding carboxylic acids is 1. The number of ketones is 1. The minimum Gasteiger partial charge on any atom is -0.471 e. The van der Waals surface area contributed by atoms with Crippen molar-refractivity contribution in [3.63, 3.8) is 0 Å². The van der Waals surface area contributed by atoms with Crippen molar-refractivity contribution in [1.29, 1.82) is 0 Å². The molecule has 0 unspecified atom stereocenters. The lowest BCUT2D eigenvalue weighted by atomic mass is 9.93. The number of rotatable bonds is 9. The van der Waals surface area contributed by atoms with Crippen LogP contribution in [0.15, 0.2) is 72.0 Å². The molecule has 158 valence electrons. The van der Waals surface area contributed by atoms with Gasteiger partial charge in [-0.05, 0) is 29.3 Å². The van der Waals surface area contributed by atoms with Crippen LogP contribution in [0, 0.1) is 0 Å². The molecule has 2 aromatic heterocycles. The Morgan fingerprint density at radius 1 is 1.06 bits per heavy atom. The molecule has 0 spiro atoms. The van der Waals surface area contributed by atoms with Gasteiger partial charge in [0.25, 0.3) is 0 Å². The first-order valence-corrected chi connectivity index (χ1v) is 10.3. The second-order valence-corrected chi connectivity index (χ2v) is 7.55. The van der Waals surface area contributed by atoms with Crippen LogP contribution in [0.3, 0.4) is 0 Å². The SMILES string of the molecule is COC[C@@H](CC(=O)Cc1cc2c(cn1)C(OCc1ccccn1)=NC2)c1ccccc1. The molecule has 1 aliphatic heterocycles. The third-order valence-corrected chi connectivity index (χ3v) is 5.24. The Bertz CT molecular complexity index is 1050. The predicted molar refractivity (Wildman–Crippen MR) is 118 cm³/mol. The lowest BCUT2D eigenvalue weighted by Crippen LogP contribution is -2.15. The Balaban J connectivity index is 1.36. The summed E-state index contributed by atoms with van der Waals surface area (Å²) in [5.74, 6) is 0.766. The van der Waals surface area contributed by atoms with E-state index >= 15 is 0 Å². The zero-order valence-corrected chi connectivity index (χ0v) is 17.5. The average molecular weight is 415 g/mol. The van der Waals surface area contributed by atoms with Gasteiger partial charge in [-0.3, -0.25) is 14.8 Å². The van der Waals surface area contributed by atoms with Crippen LogP contribution in [0.25, 0.3) is 0 Å². The number of Topliss-reactive ketones (excluding diaryl/α,β-unsaturated/α-hetero) is 1. The number of benzene rings is 1. The third-order valence-electron chi connectivity index (χ3n) is 5.24. The molecule has 1 aromatic carbocycles. The summed E-state index contributed by atoms with van der Waals surface area (Å²) in [6, 6.07) is 17.7. The quantitative estimate of drug-likeness (QED) is 0.530. The van der Waals surface area contributed by atoms with E-state index < -0.39 is 0 Å². The van der Waals surface area contributed by atoms with Crippen LogP contribution in [0.2, 0.25) is 0 Å². The van der Waals surface area contributed by atoms with Crippen molar-refractivity contribution in [2.45, 2.75) is 31.9 Å². The zero-order chi connectivity index (χ0) is 21.5. The summed E-state index contributed by atoms with van der Waals surface area (Å²) >= 11 is 0. The average Bonchev–Trinajstić information content (AvgIpc) is 3.21. The fraction of sp³-hybridized carbons (Fsp3) is 0.280. The summed E-state index contributed by atoms with van der Waals surface area (Å²) in [7, 11) is 1.66. The summed E-state index contributed by atoms with van der Waals surface area (Å²) in [5, 5.41) is 0. The molecule has 0 saturated heterocycles. The van der Waals surface area contributed by atoms with Gasteiger partial charge in [-0.2, -0.15) is 0 Å². The Hall–Kier alpha value is -3.38. The van der Waals surface area contributed by atoms with E-state index in [9.17, 15) is 4.79 Å². The summed E-state index contributed by atoms with van der Waals surface area (Å²) in [4.78, 5) is 26.0. The molecule has 0 N–H and O–H groups in total. The molecular weight excluding hydrogens is 390 g/mol. The molecule has 0 saturated carbocycles. The highest BCUT2D eigenvalue weighted by Gasteiger charge is 2.21. The van der Waals surface area contributed by atoms with Gasteiger partial charge in [0.2, 0.25) is 5.90 Å². The molecular formula is C25H25N3O3. The van der Waals surface area contributed by atoms with Crippen LogP contribution in [0.4, 0.5) is 0 Å². The molecule has 0 radical (unpaired) electrons. The highest BCUT2D eigenvalue weighted by molar-refractivity contribution is 5.97. The number of pyridine rings is 2. The van der Waals surface area contributed by atoms with E-state index in [1.54, 1.807) is 19.5 Å². The molecule has 4 rings (SSSR count). The molecule has 0 bridgehead atoms. The van der Waals surface area contributed by atoms with Gasteiger partial charge in [-0.1, -0.05) is 36.4 Å². The van der Waals surface area contributed by atoms with Gasteiger partial charge >= 0.3 is 0 Å². The summed E-state index contributed by atoms with van der Waals surface area (Å²) in [6.07, 6.45) is 4.21. The van der Waals surface area contributed by atoms with Crippen molar-refractivity contribution in [2.24, 2.45) is 4.99 Å². The van der Waals surface area contributed by atoms with E-state index in [2.05, 4.69) is 15.0 Å². The van der Waals surface area contributed by atoms with E-state index in [1.165, 1.54) is 0 Å². The minimum absolute atomic E-state index is 0.0445. The molecule has 6 nitrogen and oxygen atoms in total. The van der Waals surface area contributed by atoms with E-state index in [0.29, 0.717) is 38.5 Å². The molecule has 1 aliphatic rings. The molecule has 1 atom stereocenters. The highest BCUT2D eigenvalue weighted by atomic mass is 16.5. The van der Waals surface area contributed by atoms with Crippen molar-refractivity contribution < 1.29 is 14.3 Å². The van der Waals surface area contributed by atoms with Crippen molar-refractivity contribution in [1.82, 2.24) is 9.97 Å². The Labute approximate surface area is 182 Å². The third kappa shape index (κ3) is 5.41. The van der Waals surface area contributed by atoms with E-state index in [1.807, 2.05) is 54.6 Å². The fourth-order valence-corrected chi connectivity index (χ4v) is 3.71. The highest BCUT2D eigenvalue weighted by Crippen LogP contribution is 2.23. The molecule has 3 heterocycles. The minimum atomic E-state index is 0.0445. The molecule has 31 heavy (non-hydrogen) atoms. The number of nitrogens with zero attached hydrogens (tertiary/aromatic N) is 3. The normalized spacial score (nSPS) is 13.4. The Morgan fingerprint density at radius 3 is 2.68 bits per heavy atom. The number of carbonyl (C=O) groups is 1. The Kier molecular flexibility index (Phi) is 6.79. The van der Waals surface area contributed by atoms with E-state index in [-0.39, 0.29) is 11.7 Å². The van der Waals surface area contributed by atoms with E-state index in [0.717, 1.165) is 28.1 Å². The number of methoxy groups -OCH3 is 1. The van der Waals surface area contributed by atoms with Gasteiger partial charge in [0.15, 0.2) is 0 Å². The van der Waals surface area contributed by atoms with Crippen LogP contribution >= 0.6 is 0 Å². The molecule has 0 aliphatic carbocycles. The van der Waals surface area contributed by atoms with Gasteiger partial charge in [0.1, 0.15) is 12.4 Å². The first-order valence-electron chi connectivity index (χ1n) is 10.3. The number of fused-ring (bicyclic) bond motifs is 1. The van der Waals surface area contributed by atoms with Crippen LogP contribution in [-0.2, 0) is 33.8 Å². The van der Waals surface area contributed by atoms with Gasteiger partial charge < -0.3 is 9.47 Å². The van der Waals surface area contributed by atoms with Crippen molar-refractivity contribution in [3.05, 3.63) is 95.1 Å². The zero-order valence-electron chi connectivity index (χ0n) is 17.5. The first kappa shape index (κ1) is 20.9. The largest absolute Gasteiger partial charge is 0.471 e. The first-order chi connectivity index (χ1) is 15.2. The topological polar surface area (TPSA) is 73.7 Å². The van der Waals surface area contributed by atoms with Crippen molar-refractivity contribution in [2.75, 3.05) is 13.7 Å². The number of hydrogen-bond acceptors (Lipinski definition) is 6. The van der Waals surface area contributed by atoms with E-state index in [4.69, 9.17) is 9.47 Å². The number of ether oxygens (including phenoxy) is 2. The fourth-order valence-electron chi connectivity index (χ4n) is 3.71. The van der Waals surface area contributed by atoms with Gasteiger partial charge in [-0.25, -0.2) is 4.99 Å². The summed E-state index contributed by atoms with van der Waals surface area (Å²) < 4.78 is 11.2. The van der Waals surface area contributed by atoms with Gasteiger partial charge in [0.05, 0.1) is 24.4 Å². The maximum Gasteiger partial charge on any atom is 0.218 e. The summed E-state index contributed by atoms with van der Waals surface area (Å²) in [6.45, 7) is 1.41. The van der Waals surface area contributed by atoms with Gasteiger partial charge in [-0.15, -0.1) is 0 Å². The number of aliphatic imine (C=N–C) groups is 1. The van der Waals surface area contributed by atoms with Crippen LogP contribution < -0.4 is 0 Å². The van der Waals surface area contributed by atoms with Crippen LogP contribution in [0.5, 0.6) is 0 Å². The maximum absolute atomic E-state index is 12.7. The predicted octanol–water partition coefficient (Wildman–Crippen LogP) is 3.89. The smallest absolute Gasteiger partial charge is 0.218 e. The van der Waals surface area contributed by atoms with Crippen LogP contribution in [-0.4, -0.2) is 35.4 Å². The van der Waals surface area contributed by atoms with Crippen molar-refractivity contribution >= 4 is 11.7 Å². The second-order valence-electron chi connectivity index (χ2n) is 7.55. The molecule has 0 fully saturated rings. The molecule has 0 amide bonds. The van der Waals surface area contributed by atoms with Crippen LogP contribution in [0.1, 0.15) is 40.4 Å². The number of aromatic nitrogens is 2. The molecule has 3 aromatic rings. The standard InChI is InChI=1S/C25H25N3O3/c1-30-16-20(18-7-3-2-4-8-18)12-23(29)13-22-11-19-14-28-25(24(19)15-27-22)31-17-21-9-5-6-10-26-21/h2-11,15,20H,12-14,16-17H2,1H3/t20-/m1/s1.